The van der Waals surface area contributed by atoms with E-state index in [9.17, 15) is 9.59 Å². The minimum Gasteiger partial charge on any atom is -0.478 e. The summed E-state index contributed by atoms with van der Waals surface area (Å²) in [4.78, 5) is 20.5. The van der Waals surface area contributed by atoms with Crippen molar-refractivity contribution in [3.63, 3.8) is 0 Å². The molecule has 1 atom stereocenters. The molecule has 0 saturated carbocycles. The van der Waals surface area contributed by atoms with Gasteiger partial charge in [-0.25, -0.2) is 9.59 Å². The molecule has 0 bridgehead atoms. The van der Waals surface area contributed by atoms with Crippen LogP contribution in [-0.4, -0.2) is 40.5 Å². The molecule has 21 heavy (non-hydrogen) atoms. The maximum Gasteiger partial charge on any atom is 0.328 e. The van der Waals surface area contributed by atoms with Crippen LogP contribution >= 0.6 is 11.8 Å². The number of thioether (sulfide) groups is 1. The van der Waals surface area contributed by atoms with E-state index in [4.69, 9.17) is 10.2 Å². The highest BCUT2D eigenvalue weighted by Crippen LogP contribution is 2.26. The fourth-order valence-corrected chi connectivity index (χ4v) is 2.80. The highest BCUT2D eigenvalue weighted by molar-refractivity contribution is 8.00. The second-order valence-corrected chi connectivity index (χ2v) is 5.93. The van der Waals surface area contributed by atoms with Crippen molar-refractivity contribution in [1.82, 2.24) is 5.32 Å². The summed E-state index contributed by atoms with van der Waals surface area (Å²) in [7, 11) is 0. The standard InChI is InChI=1S/C11H15NS.C4H4O4/c1-9-2-4-10(5-3-9)13-11-6-7-12-8-11;5-3(6)1-2-4(7)8/h2-5,11-12H,6-8H2,1H3;1-2H,(H,5,6)(H,7,8). The molecule has 6 heteroatoms. The Bertz CT molecular complexity index is 477. The van der Waals surface area contributed by atoms with Crippen LogP contribution in [0, 0.1) is 6.92 Å². The summed E-state index contributed by atoms with van der Waals surface area (Å²) in [6.07, 6.45) is 2.42. The molecule has 0 aliphatic carbocycles. The summed E-state index contributed by atoms with van der Waals surface area (Å²) in [5, 5.41) is 19.8. The van der Waals surface area contributed by atoms with Crippen molar-refractivity contribution >= 4 is 23.7 Å². The third kappa shape index (κ3) is 8.16. The highest BCUT2D eigenvalue weighted by Gasteiger charge is 2.14. The van der Waals surface area contributed by atoms with Crippen LogP contribution in [0.1, 0.15) is 12.0 Å². The lowest BCUT2D eigenvalue weighted by Crippen LogP contribution is -2.09. The van der Waals surface area contributed by atoms with E-state index in [0.29, 0.717) is 12.2 Å². The van der Waals surface area contributed by atoms with E-state index in [1.54, 1.807) is 0 Å². The molecular formula is C15H19NO4S. The van der Waals surface area contributed by atoms with Gasteiger partial charge in [0.2, 0.25) is 0 Å². The number of carbonyl (C=O) groups is 2. The van der Waals surface area contributed by atoms with Gasteiger partial charge < -0.3 is 15.5 Å². The Morgan fingerprint density at radius 1 is 1.19 bits per heavy atom. The molecule has 0 amide bonds. The largest absolute Gasteiger partial charge is 0.478 e. The van der Waals surface area contributed by atoms with E-state index in [2.05, 4.69) is 36.5 Å². The van der Waals surface area contributed by atoms with Gasteiger partial charge in [-0.3, -0.25) is 0 Å². The quantitative estimate of drug-likeness (QED) is 0.739. The minimum atomic E-state index is -1.26. The molecular weight excluding hydrogens is 290 g/mol. The Morgan fingerprint density at radius 2 is 1.76 bits per heavy atom. The Labute approximate surface area is 128 Å². The maximum absolute atomic E-state index is 9.55. The summed E-state index contributed by atoms with van der Waals surface area (Å²) in [6, 6.07) is 8.81. The fraction of sp³-hybridized carbons (Fsp3) is 0.333. The molecule has 2 rings (SSSR count). The molecule has 1 aromatic carbocycles. The Hall–Kier alpha value is -1.79. The van der Waals surface area contributed by atoms with Crippen molar-refractivity contribution in [3.8, 4) is 0 Å². The molecule has 1 fully saturated rings. The first-order valence-electron chi connectivity index (χ1n) is 6.55. The molecule has 1 aliphatic rings. The Kier molecular flexibility index (Phi) is 7.56. The molecule has 1 unspecified atom stereocenters. The zero-order valence-electron chi connectivity index (χ0n) is 11.8. The van der Waals surface area contributed by atoms with Crippen LogP contribution in [0.25, 0.3) is 0 Å². The highest BCUT2D eigenvalue weighted by atomic mass is 32.2. The average molecular weight is 309 g/mol. The molecule has 114 valence electrons. The van der Waals surface area contributed by atoms with E-state index in [0.717, 1.165) is 5.25 Å². The molecule has 3 N–H and O–H groups in total. The number of carboxylic acid groups (broad SMARTS) is 2. The first kappa shape index (κ1) is 17.3. The van der Waals surface area contributed by atoms with E-state index in [1.807, 2.05) is 11.8 Å². The smallest absolute Gasteiger partial charge is 0.328 e. The number of aryl methyl sites for hydroxylation is 1. The topological polar surface area (TPSA) is 86.6 Å². The Balaban J connectivity index is 0.000000240. The number of aliphatic carboxylic acids is 2. The van der Waals surface area contributed by atoms with Gasteiger partial charge in [0.15, 0.2) is 0 Å². The zero-order valence-corrected chi connectivity index (χ0v) is 12.6. The summed E-state index contributed by atoms with van der Waals surface area (Å²) in [5.41, 5.74) is 1.34. The van der Waals surface area contributed by atoms with Crippen molar-refractivity contribution in [1.29, 1.82) is 0 Å². The first-order valence-corrected chi connectivity index (χ1v) is 7.43. The second kappa shape index (κ2) is 9.20. The second-order valence-electron chi connectivity index (χ2n) is 4.56. The summed E-state index contributed by atoms with van der Waals surface area (Å²) in [5.74, 6) is -2.51. The van der Waals surface area contributed by atoms with Gasteiger partial charge in [-0.05, 0) is 32.0 Å². The first-order chi connectivity index (χ1) is 9.97. The van der Waals surface area contributed by atoms with Crippen LogP contribution in [-0.2, 0) is 9.59 Å². The van der Waals surface area contributed by atoms with Gasteiger partial charge in [0.05, 0.1) is 0 Å². The third-order valence-electron chi connectivity index (χ3n) is 2.71. The number of hydrogen-bond acceptors (Lipinski definition) is 4. The number of nitrogens with one attached hydrogen (secondary N) is 1. The fourth-order valence-electron chi connectivity index (χ4n) is 1.68. The van der Waals surface area contributed by atoms with Gasteiger partial charge in [0.25, 0.3) is 0 Å². The average Bonchev–Trinajstić information content (AvgIpc) is 2.93. The lowest BCUT2D eigenvalue weighted by atomic mass is 10.2. The normalized spacial score (nSPS) is 17.3. The van der Waals surface area contributed by atoms with Crippen molar-refractivity contribution in [2.45, 2.75) is 23.5 Å². The van der Waals surface area contributed by atoms with Crippen molar-refractivity contribution in [3.05, 3.63) is 42.0 Å². The number of hydrogen-bond donors (Lipinski definition) is 3. The van der Waals surface area contributed by atoms with Gasteiger partial charge in [-0.2, -0.15) is 0 Å². The molecule has 1 saturated heterocycles. The maximum atomic E-state index is 9.55. The number of carboxylic acids is 2. The van der Waals surface area contributed by atoms with Crippen LogP contribution in [0.5, 0.6) is 0 Å². The predicted octanol–water partition coefficient (Wildman–Crippen LogP) is 2.16. The van der Waals surface area contributed by atoms with E-state index >= 15 is 0 Å². The van der Waals surface area contributed by atoms with Gasteiger partial charge in [0.1, 0.15) is 0 Å². The van der Waals surface area contributed by atoms with Crippen molar-refractivity contribution in [2.24, 2.45) is 0 Å². The predicted molar refractivity (Wildman–Crippen MR) is 82.7 cm³/mol. The lowest BCUT2D eigenvalue weighted by Gasteiger charge is -2.07. The van der Waals surface area contributed by atoms with Crippen LogP contribution in [0.4, 0.5) is 0 Å². The van der Waals surface area contributed by atoms with Crippen molar-refractivity contribution in [2.75, 3.05) is 13.1 Å². The molecule has 1 aromatic rings. The molecule has 1 aliphatic heterocycles. The summed E-state index contributed by atoms with van der Waals surface area (Å²) in [6.45, 7) is 4.48. The summed E-state index contributed by atoms with van der Waals surface area (Å²) >= 11 is 2.00. The van der Waals surface area contributed by atoms with Crippen LogP contribution in [0.2, 0.25) is 0 Å². The molecule has 0 spiro atoms. The number of benzene rings is 1. The van der Waals surface area contributed by atoms with E-state index in [-0.39, 0.29) is 0 Å². The van der Waals surface area contributed by atoms with E-state index in [1.165, 1.54) is 30.0 Å². The van der Waals surface area contributed by atoms with Crippen LogP contribution in [0.3, 0.4) is 0 Å². The van der Waals surface area contributed by atoms with Gasteiger partial charge in [-0.15, -0.1) is 11.8 Å². The van der Waals surface area contributed by atoms with Crippen molar-refractivity contribution < 1.29 is 19.8 Å². The lowest BCUT2D eigenvalue weighted by molar-refractivity contribution is -0.134. The summed E-state index contributed by atoms with van der Waals surface area (Å²) < 4.78 is 0. The third-order valence-corrected chi connectivity index (χ3v) is 3.99. The van der Waals surface area contributed by atoms with Crippen LogP contribution in [0.15, 0.2) is 41.3 Å². The van der Waals surface area contributed by atoms with Gasteiger partial charge in [0, 0.05) is 28.8 Å². The zero-order chi connectivity index (χ0) is 15.7. The molecule has 1 heterocycles. The monoisotopic (exact) mass is 309 g/mol. The van der Waals surface area contributed by atoms with Gasteiger partial charge in [-0.1, -0.05) is 17.7 Å². The molecule has 0 aromatic heterocycles. The molecule has 5 nitrogen and oxygen atoms in total. The SMILES string of the molecule is Cc1ccc(SC2CCNC2)cc1.O=C(O)C=CC(=O)O. The van der Waals surface area contributed by atoms with Crippen LogP contribution < -0.4 is 5.32 Å². The van der Waals surface area contributed by atoms with E-state index < -0.39 is 11.9 Å². The minimum absolute atomic E-state index is 0.558. The van der Waals surface area contributed by atoms with Gasteiger partial charge >= 0.3 is 11.9 Å². The number of rotatable bonds is 4. The Morgan fingerprint density at radius 3 is 2.19 bits per heavy atom. The molecule has 0 radical (unpaired) electrons.